The summed E-state index contributed by atoms with van der Waals surface area (Å²) < 4.78 is 5.84. The minimum atomic E-state index is 0.440. The molecule has 0 spiro atoms. The number of fused-ring (bicyclic) bond motifs is 2. The van der Waals surface area contributed by atoms with Gasteiger partial charge in [-0.2, -0.15) is 0 Å². The number of ether oxygens (including phenoxy) is 1. The number of nitrogens with zero attached hydrogens (tertiary/aromatic N) is 2. The van der Waals surface area contributed by atoms with Crippen LogP contribution in [-0.2, 0) is 11.3 Å². The number of aromatic nitrogens is 1. The summed E-state index contributed by atoms with van der Waals surface area (Å²) >= 11 is 1.76. The minimum absolute atomic E-state index is 0.440. The monoisotopic (exact) mass is 253 g/mol. The molecule has 2 aliphatic heterocycles. The van der Waals surface area contributed by atoms with Crippen molar-refractivity contribution >= 4 is 16.5 Å². The second kappa shape index (κ2) is 4.92. The maximum atomic E-state index is 5.84. The van der Waals surface area contributed by atoms with Gasteiger partial charge < -0.3 is 15.0 Å². The van der Waals surface area contributed by atoms with Gasteiger partial charge in [0.05, 0.1) is 17.9 Å². The number of thiazole rings is 1. The van der Waals surface area contributed by atoms with Gasteiger partial charge in [-0.3, -0.25) is 0 Å². The molecule has 3 rings (SSSR count). The molecule has 0 aromatic carbocycles. The Labute approximate surface area is 106 Å². The Kier molecular flexibility index (Phi) is 3.31. The van der Waals surface area contributed by atoms with E-state index >= 15 is 0 Å². The van der Waals surface area contributed by atoms with E-state index in [-0.39, 0.29) is 0 Å². The van der Waals surface area contributed by atoms with Crippen LogP contribution in [0.25, 0.3) is 0 Å². The van der Waals surface area contributed by atoms with E-state index < -0.39 is 0 Å². The third-order valence-corrected chi connectivity index (χ3v) is 4.36. The van der Waals surface area contributed by atoms with Gasteiger partial charge in [0.15, 0.2) is 5.13 Å². The Morgan fingerprint density at radius 2 is 2.24 bits per heavy atom. The Morgan fingerprint density at radius 3 is 2.94 bits per heavy atom. The zero-order valence-corrected chi connectivity index (χ0v) is 11.0. The van der Waals surface area contributed by atoms with E-state index in [9.17, 15) is 0 Å². The Morgan fingerprint density at radius 1 is 1.47 bits per heavy atom. The fourth-order valence-corrected chi connectivity index (χ4v) is 3.39. The van der Waals surface area contributed by atoms with Gasteiger partial charge in [-0.25, -0.2) is 4.98 Å². The summed E-state index contributed by atoms with van der Waals surface area (Å²) in [6, 6.07) is 0. The van der Waals surface area contributed by atoms with Crippen LogP contribution in [0.5, 0.6) is 0 Å². The Hall–Kier alpha value is -0.650. The zero-order valence-electron chi connectivity index (χ0n) is 10.2. The predicted molar refractivity (Wildman–Crippen MR) is 69.6 cm³/mol. The van der Waals surface area contributed by atoms with Gasteiger partial charge in [0.1, 0.15) is 0 Å². The molecule has 3 heterocycles. The van der Waals surface area contributed by atoms with Crippen LogP contribution in [0.15, 0.2) is 5.38 Å². The van der Waals surface area contributed by atoms with Crippen molar-refractivity contribution in [3.63, 3.8) is 0 Å². The fraction of sp³-hybridized carbons (Fsp3) is 0.750. The van der Waals surface area contributed by atoms with E-state index in [1.807, 2.05) is 0 Å². The van der Waals surface area contributed by atoms with Crippen molar-refractivity contribution in [2.24, 2.45) is 0 Å². The summed E-state index contributed by atoms with van der Waals surface area (Å²) in [4.78, 5) is 7.09. The van der Waals surface area contributed by atoms with Crippen LogP contribution in [-0.4, -0.2) is 36.8 Å². The van der Waals surface area contributed by atoms with Crippen LogP contribution in [0.4, 0.5) is 5.13 Å². The molecule has 1 aromatic heterocycles. The van der Waals surface area contributed by atoms with E-state index in [1.165, 1.54) is 12.8 Å². The molecule has 2 bridgehead atoms. The highest BCUT2D eigenvalue weighted by Crippen LogP contribution is 2.31. The molecule has 1 N–H and O–H groups in total. The number of anilines is 1. The van der Waals surface area contributed by atoms with E-state index in [4.69, 9.17) is 9.72 Å². The molecule has 17 heavy (non-hydrogen) atoms. The maximum Gasteiger partial charge on any atom is 0.185 e. The van der Waals surface area contributed by atoms with Crippen molar-refractivity contribution in [2.75, 3.05) is 24.5 Å². The lowest BCUT2D eigenvalue weighted by Gasteiger charge is -2.31. The number of hydrogen-bond acceptors (Lipinski definition) is 5. The molecule has 5 heteroatoms. The summed E-state index contributed by atoms with van der Waals surface area (Å²) in [5.41, 5.74) is 1.16. The van der Waals surface area contributed by atoms with Crippen molar-refractivity contribution in [3.8, 4) is 0 Å². The van der Waals surface area contributed by atoms with Crippen molar-refractivity contribution in [1.82, 2.24) is 10.3 Å². The first-order valence-electron chi connectivity index (χ1n) is 6.40. The van der Waals surface area contributed by atoms with Gasteiger partial charge in [0, 0.05) is 25.0 Å². The standard InChI is InChI=1S/C12H19N3OS/c1-2-13-5-9-8-17-12(14-9)15-6-10-3-4-11(7-15)16-10/h8,10-11,13H,2-7H2,1H3. The molecule has 94 valence electrons. The van der Waals surface area contributed by atoms with Crippen molar-refractivity contribution in [3.05, 3.63) is 11.1 Å². The van der Waals surface area contributed by atoms with Gasteiger partial charge in [0.2, 0.25) is 0 Å². The first-order chi connectivity index (χ1) is 8.35. The van der Waals surface area contributed by atoms with E-state index in [1.54, 1.807) is 11.3 Å². The largest absolute Gasteiger partial charge is 0.371 e. The van der Waals surface area contributed by atoms with Gasteiger partial charge in [0.25, 0.3) is 0 Å². The first-order valence-corrected chi connectivity index (χ1v) is 7.28. The van der Waals surface area contributed by atoms with Crippen LogP contribution < -0.4 is 10.2 Å². The lowest BCUT2D eigenvalue weighted by atomic mass is 10.2. The molecule has 2 atom stereocenters. The molecule has 2 unspecified atom stereocenters. The molecule has 2 saturated heterocycles. The summed E-state index contributed by atoms with van der Waals surface area (Å²) in [5, 5.41) is 6.64. The van der Waals surface area contributed by atoms with Crippen molar-refractivity contribution in [1.29, 1.82) is 0 Å². The average Bonchev–Trinajstić information content (AvgIpc) is 2.94. The molecule has 4 nitrogen and oxygen atoms in total. The van der Waals surface area contributed by atoms with Crippen LogP contribution in [0, 0.1) is 0 Å². The molecule has 0 aliphatic carbocycles. The molecule has 2 fully saturated rings. The molecule has 0 saturated carbocycles. The average molecular weight is 253 g/mol. The Bertz CT molecular complexity index is 370. The van der Waals surface area contributed by atoms with E-state index in [0.29, 0.717) is 12.2 Å². The van der Waals surface area contributed by atoms with Crippen LogP contribution in [0.1, 0.15) is 25.5 Å². The highest BCUT2D eigenvalue weighted by molar-refractivity contribution is 7.13. The molecule has 0 amide bonds. The second-order valence-corrected chi connectivity index (χ2v) is 5.60. The maximum absolute atomic E-state index is 5.84. The van der Waals surface area contributed by atoms with Crippen LogP contribution in [0.2, 0.25) is 0 Å². The van der Waals surface area contributed by atoms with Crippen LogP contribution in [0.3, 0.4) is 0 Å². The smallest absolute Gasteiger partial charge is 0.185 e. The van der Waals surface area contributed by atoms with Gasteiger partial charge in [-0.1, -0.05) is 6.92 Å². The molecular weight excluding hydrogens is 234 g/mol. The second-order valence-electron chi connectivity index (χ2n) is 4.76. The Balaban J connectivity index is 1.65. The van der Waals surface area contributed by atoms with Crippen molar-refractivity contribution in [2.45, 2.75) is 38.5 Å². The fourth-order valence-electron chi connectivity index (χ4n) is 2.55. The number of hydrogen-bond donors (Lipinski definition) is 1. The summed E-state index contributed by atoms with van der Waals surface area (Å²) in [7, 11) is 0. The summed E-state index contributed by atoms with van der Waals surface area (Å²) in [6.45, 7) is 6.03. The summed E-state index contributed by atoms with van der Waals surface area (Å²) in [6.07, 6.45) is 3.32. The third-order valence-electron chi connectivity index (χ3n) is 3.41. The molecule has 1 aromatic rings. The zero-order chi connectivity index (χ0) is 11.7. The van der Waals surface area contributed by atoms with Crippen molar-refractivity contribution < 1.29 is 4.74 Å². The third kappa shape index (κ3) is 2.46. The lowest BCUT2D eigenvalue weighted by molar-refractivity contribution is 0.0305. The normalized spacial score (nSPS) is 27.7. The van der Waals surface area contributed by atoms with E-state index in [2.05, 4.69) is 22.5 Å². The first kappa shape index (κ1) is 11.4. The quantitative estimate of drug-likeness (QED) is 0.885. The molecular formula is C12H19N3OS. The minimum Gasteiger partial charge on any atom is -0.371 e. The summed E-state index contributed by atoms with van der Waals surface area (Å²) in [5.74, 6) is 0. The predicted octanol–water partition coefficient (Wildman–Crippen LogP) is 1.62. The lowest BCUT2D eigenvalue weighted by Crippen LogP contribution is -2.42. The number of morpholine rings is 1. The highest BCUT2D eigenvalue weighted by atomic mass is 32.1. The number of nitrogens with one attached hydrogen (secondary N) is 1. The van der Waals surface area contributed by atoms with Gasteiger partial charge >= 0.3 is 0 Å². The molecule has 2 aliphatic rings. The topological polar surface area (TPSA) is 37.4 Å². The van der Waals surface area contributed by atoms with Gasteiger partial charge in [-0.05, 0) is 19.4 Å². The van der Waals surface area contributed by atoms with Gasteiger partial charge in [-0.15, -0.1) is 11.3 Å². The van der Waals surface area contributed by atoms with Crippen LogP contribution >= 0.6 is 11.3 Å². The van der Waals surface area contributed by atoms with E-state index in [0.717, 1.165) is 37.0 Å². The molecule has 0 radical (unpaired) electrons. The SMILES string of the molecule is CCNCc1csc(N2CC3CCC(C2)O3)n1. The highest BCUT2D eigenvalue weighted by Gasteiger charge is 2.34. The number of rotatable bonds is 4.